The van der Waals surface area contributed by atoms with Gasteiger partial charge in [-0.25, -0.2) is 9.78 Å². The first kappa shape index (κ1) is 19.2. The molecule has 2 amide bonds. The number of hydrogen-bond donors (Lipinski definition) is 2. The summed E-state index contributed by atoms with van der Waals surface area (Å²) in [5.41, 5.74) is 0.273. The van der Waals surface area contributed by atoms with Gasteiger partial charge >= 0.3 is 12.6 Å². The van der Waals surface area contributed by atoms with Gasteiger partial charge in [-0.3, -0.25) is 9.59 Å². The molecule has 0 saturated heterocycles. The van der Waals surface area contributed by atoms with Gasteiger partial charge in [-0.2, -0.15) is 8.78 Å². The van der Waals surface area contributed by atoms with Gasteiger partial charge in [-0.15, -0.1) is 11.3 Å². The van der Waals surface area contributed by atoms with E-state index in [4.69, 9.17) is 4.74 Å². The maximum atomic E-state index is 12.0. The minimum atomic E-state index is -2.94. The first-order valence-electron chi connectivity index (χ1n) is 7.08. The topological polar surface area (TPSA) is 107 Å². The van der Waals surface area contributed by atoms with Crippen molar-refractivity contribution in [3.8, 4) is 5.75 Å². The molecule has 0 saturated carbocycles. The van der Waals surface area contributed by atoms with Crippen LogP contribution in [0.4, 0.5) is 19.6 Å². The van der Waals surface area contributed by atoms with Crippen LogP contribution in [0.25, 0.3) is 0 Å². The molecule has 2 rings (SSSR count). The number of thiazole rings is 1. The fourth-order valence-corrected chi connectivity index (χ4v) is 2.42. The van der Waals surface area contributed by atoms with E-state index in [1.807, 2.05) is 0 Å². The Morgan fingerprint density at radius 2 is 1.88 bits per heavy atom. The molecular weight excluding hydrogens is 372 g/mol. The molecule has 1 aromatic carbocycles. The Balaban J connectivity index is 1.81. The van der Waals surface area contributed by atoms with Crippen molar-refractivity contribution in [1.82, 2.24) is 4.98 Å². The van der Waals surface area contributed by atoms with Gasteiger partial charge in [0.05, 0.1) is 0 Å². The molecule has 2 aromatic rings. The van der Waals surface area contributed by atoms with Crippen LogP contribution in [0.1, 0.15) is 17.4 Å². The zero-order valence-corrected chi connectivity index (χ0v) is 14.1. The van der Waals surface area contributed by atoms with Gasteiger partial charge in [0.2, 0.25) is 5.91 Å². The van der Waals surface area contributed by atoms with Gasteiger partial charge in [0.1, 0.15) is 5.75 Å². The molecular formula is C15H13F2N3O5S. The molecule has 11 heteroatoms. The number of carbonyl (C=O) groups is 3. The van der Waals surface area contributed by atoms with Crippen molar-refractivity contribution >= 4 is 39.9 Å². The summed E-state index contributed by atoms with van der Waals surface area (Å²) >= 11 is 1.04. The van der Waals surface area contributed by atoms with Crippen LogP contribution in [0.5, 0.6) is 5.75 Å². The number of alkyl halides is 2. The summed E-state index contributed by atoms with van der Waals surface area (Å²) in [4.78, 5) is 38.3. The van der Waals surface area contributed by atoms with Gasteiger partial charge in [-0.1, -0.05) is 0 Å². The average molecular weight is 385 g/mol. The lowest BCUT2D eigenvalue weighted by Crippen LogP contribution is -2.21. The molecule has 0 bridgehead atoms. The zero-order valence-electron chi connectivity index (χ0n) is 13.3. The Bertz CT molecular complexity index is 795. The highest BCUT2D eigenvalue weighted by atomic mass is 32.1. The average Bonchev–Trinajstić information content (AvgIpc) is 3.02. The molecule has 0 aliphatic carbocycles. The van der Waals surface area contributed by atoms with Crippen molar-refractivity contribution in [3.63, 3.8) is 0 Å². The molecule has 1 aromatic heterocycles. The van der Waals surface area contributed by atoms with E-state index < -0.39 is 25.1 Å². The second kappa shape index (κ2) is 8.85. The minimum absolute atomic E-state index is 0.0416. The van der Waals surface area contributed by atoms with E-state index in [0.717, 1.165) is 11.3 Å². The van der Waals surface area contributed by atoms with E-state index in [9.17, 15) is 23.2 Å². The largest absolute Gasteiger partial charge is 0.451 e. The number of nitrogens with one attached hydrogen (secondary N) is 2. The SMILES string of the molecule is CC(=O)Nc1nc(C(=O)OCC(=O)Nc2ccc(OC(F)F)cc2)cs1. The first-order valence-corrected chi connectivity index (χ1v) is 7.96. The minimum Gasteiger partial charge on any atom is -0.451 e. The molecule has 8 nitrogen and oxygen atoms in total. The van der Waals surface area contributed by atoms with E-state index in [0.29, 0.717) is 5.69 Å². The standard InChI is InChI=1S/C15H13F2N3O5S/c1-8(21)18-15-20-11(7-26-15)13(23)24-6-12(22)19-9-2-4-10(5-3-9)25-14(16)17/h2-5,7,14H,6H2,1H3,(H,19,22)(H,18,20,21). The summed E-state index contributed by atoms with van der Waals surface area (Å²) in [6.45, 7) is -2.21. The van der Waals surface area contributed by atoms with Crippen LogP contribution in [0.15, 0.2) is 29.6 Å². The van der Waals surface area contributed by atoms with Crippen molar-refractivity contribution in [2.45, 2.75) is 13.5 Å². The Morgan fingerprint density at radius 3 is 2.50 bits per heavy atom. The molecule has 1 heterocycles. The molecule has 26 heavy (non-hydrogen) atoms. The second-order valence-electron chi connectivity index (χ2n) is 4.75. The quantitative estimate of drug-likeness (QED) is 0.710. The van der Waals surface area contributed by atoms with E-state index in [1.165, 1.54) is 36.6 Å². The Labute approximate surface area is 150 Å². The van der Waals surface area contributed by atoms with Gasteiger partial charge in [0.25, 0.3) is 5.91 Å². The summed E-state index contributed by atoms with van der Waals surface area (Å²) in [5.74, 6) is -1.83. The Hall–Kier alpha value is -3.08. The van der Waals surface area contributed by atoms with Crippen molar-refractivity contribution in [1.29, 1.82) is 0 Å². The number of ether oxygens (including phenoxy) is 2. The van der Waals surface area contributed by atoms with Crippen LogP contribution in [0, 0.1) is 0 Å². The van der Waals surface area contributed by atoms with Crippen molar-refractivity contribution in [2.24, 2.45) is 0 Å². The predicted molar refractivity (Wildman–Crippen MR) is 88.4 cm³/mol. The zero-order chi connectivity index (χ0) is 19.1. The monoisotopic (exact) mass is 385 g/mol. The molecule has 0 aliphatic rings. The molecule has 0 radical (unpaired) electrons. The predicted octanol–water partition coefficient (Wildman–Crippen LogP) is 2.50. The molecule has 0 spiro atoms. The lowest BCUT2D eigenvalue weighted by atomic mass is 10.3. The molecule has 0 atom stereocenters. The third-order valence-electron chi connectivity index (χ3n) is 2.69. The lowest BCUT2D eigenvalue weighted by Gasteiger charge is -2.07. The maximum absolute atomic E-state index is 12.0. The molecule has 0 aliphatic heterocycles. The van der Waals surface area contributed by atoms with Gasteiger partial charge in [-0.05, 0) is 24.3 Å². The fourth-order valence-electron chi connectivity index (χ4n) is 1.70. The van der Waals surface area contributed by atoms with Gasteiger partial charge in [0.15, 0.2) is 17.4 Å². The summed E-state index contributed by atoms with van der Waals surface area (Å²) in [5, 5.41) is 6.46. The third-order valence-corrected chi connectivity index (χ3v) is 3.45. The molecule has 0 fully saturated rings. The molecule has 0 unspecified atom stereocenters. The smallest absolute Gasteiger partial charge is 0.387 e. The highest BCUT2D eigenvalue weighted by Gasteiger charge is 2.15. The second-order valence-corrected chi connectivity index (χ2v) is 5.60. The number of aromatic nitrogens is 1. The van der Waals surface area contributed by atoms with Gasteiger partial charge in [0, 0.05) is 18.0 Å². The Kier molecular flexibility index (Phi) is 6.55. The van der Waals surface area contributed by atoms with E-state index in [-0.39, 0.29) is 22.5 Å². The summed E-state index contributed by atoms with van der Waals surface area (Å²) in [7, 11) is 0. The Morgan fingerprint density at radius 1 is 1.19 bits per heavy atom. The summed E-state index contributed by atoms with van der Waals surface area (Å²) in [6.07, 6.45) is 0. The number of nitrogens with zero attached hydrogens (tertiary/aromatic N) is 1. The van der Waals surface area contributed by atoms with Crippen LogP contribution in [-0.4, -0.2) is 36.0 Å². The van der Waals surface area contributed by atoms with Crippen molar-refractivity contribution < 1.29 is 32.6 Å². The number of halogens is 2. The molecule has 138 valence electrons. The fraction of sp³-hybridized carbons (Fsp3) is 0.200. The van der Waals surface area contributed by atoms with E-state index in [1.54, 1.807) is 0 Å². The maximum Gasteiger partial charge on any atom is 0.387 e. The summed E-state index contributed by atoms with van der Waals surface area (Å²) in [6, 6.07) is 5.23. The highest BCUT2D eigenvalue weighted by molar-refractivity contribution is 7.14. The van der Waals surface area contributed by atoms with E-state index >= 15 is 0 Å². The normalized spacial score (nSPS) is 10.3. The number of hydrogen-bond acceptors (Lipinski definition) is 7. The van der Waals surface area contributed by atoms with Crippen LogP contribution in [0.2, 0.25) is 0 Å². The number of benzene rings is 1. The number of rotatable bonds is 7. The van der Waals surface area contributed by atoms with Crippen LogP contribution < -0.4 is 15.4 Å². The number of esters is 1. The van der Waals surface area contributed by atoms with Crippen molar-refractivity contribution in [3.05, 3.63) is 35.3 Å². The van der Waals surface area contributed by atoms with Crippen molar-refractivity contribution in [2.75, 3.05) is 17.2 Å². The number of amides is 2. The highest BCUT2D eigenvalue weighted by Crippen LogP contribution is 2.18. The van der Waals surface area contributed by atoms with Crippen LogP contribution in [-0.2, 0) is 14.3 Å². The molecule has 2 N–H and O–H groups in total. The number of carbonyl (C=O) groups excluding carboxylic acids is 3. The van der Waals surface area contributed by atoms with E-state index in [2.05, 4.69) is 20.4 Å². The third kappa shape index (κ3) is 6.09. The first-order chi connectivity index (χ1) is 12.3. The summed E-state index contributed by atoms with van der Waals surface area (Å²) < 4.78 is 33.1. The lowest BCUT2D eigenvalue weighted by molar-refractivity contribution is -0.119. The number of anilines is 2. The van der Waals surface area contributed by atoms with Crippen LogP contribution in [0.3, 0.4) is 0 Å². The van der Waals surface area contributed by atoms with Crippen LogP contribution >= 0.6 is 11.3 Å². The van der Waals surface area contributed by atoms with Gasteiger partial charge < -0.3 is 20.1 Å².